The first-order chi connectivity index (χ1) is 26.7. The van der Waals surface area contributed by atoms with Gasteiger partial charge in [0.1, 0.15) is 11.5 Å². The molecule has 0 spiro atoms. The molecular formula is C43H54FN7O3S. The number of rotatable bonds is 12. The van der Waals surface area contributed by atoms with E-state index in [0.29, 0.717) is 36.3 Å². The van der Waals surface area contributed by atoms with Crippen LogP contribution in [0, 0.1) is 12.7 Å². The van der Waals surface area contributed by atoms with Crippen molar-refractivity contribution >= 4 is 28.7 Å². The Balaban J connectivity index is 0.000000572. The molecule has 2 aliphatic rings. The van der Waals surface area contributed by atoms with Gasteiger partial charge < -0.3 is 10.2 Å². The van der Waals surface area contributed by atoms with Crippen molar-refractivity contribution in [2.75, 3.05) is 33.2 Å². The molecule has 1 N–H and O–H groups in total. The summed E-state index contributed by atoms with van der Waals surface area (Å²) < 4.78 is 17.2. The first-order valence-corrected chi connectivity index (χ1v) is 20.6. The van der Waals surface area contributed by atoms with Crippen molar-refractivity contribution in [2.24, 2.45) is 0 Å². The fourth-order valence-corrected chi connectivity index (χ4v) is 8.73. The number of nitrogens with one attached hydrogen (secondary N) is 1. The van der Waals surface area contributed by atoms with Gasteiger partial charge in [0.25, 0.3) is 5.56 Å². The molecule has 4 heterocycles. The SMILES string of the molecule is CCCN(CCC)C1CCN(Cc2ccc(-c3cccc(-n4c(=O)n(C5CCC(NC)CC5)c(=O)c5cc(F)cnc54)c3)cc2)CC1.Cc1nc(C=O)cs1. The Morgan fingerprint density at radius 1 is 0.945 bits per heavy atom. The Labute approximate surface area is 327 Å². The Kier molecular flexibility index (Phi) is 13.9. The number of thiazole rings is 1. The van der Waals surface area contributed by atoms with Gasteiger partial charge in [0.05, 0.1) is 22.3 Å². The van der Waals surface area contributed by atoms with Gasteiger partial charge in [0.2, 0.25) is 0 Å². The van der Waals surface area contributed by atoms with E-state index in [2.05, 4.69) is 63.2 Å². The molecule has 12 heteroatoms. The number of aromatic nitrogens is 4. The lowest BCUT2D eigenvalue weighted by Gasteiger charge is -2.38. The summed E-state index contributed by atoms with van der Waals surface area (Å²) in [5.41, 5.74) is 3.68. The fourth-order valence-electron chi connectivity index (χ4n) is 8.17. The number of hydrogen-bond acceptors (Lipinski definition) is 9. The molecule has 1 aliphatic heterocycles. The summed E-state index contributed by atoms with van der Waals surface area (Å²) in [5.74, 6) is -0.599. The molecule has 5 aromatic rings. The van der Waals surface area contributed by atoms with Gasteiger partial charge in [0, 0.05) is 30.1 Å². The van der Waals surface area contributed by atoms with Crippen LogP contribution in [0.3, 0.4) is 0 Å². The summed E-state index contributed by atoms with van der Waals surface area (Å²) in [6, 6.07) is 18.4. The molecule has 0 atom stereocenters. The van der Waals surface area contributed by atoms with Crippen LogP contribution in [-0.2, 0) is 6.54 Å². The number of pyridine rings is 1. The van der Waals surface area contributed by atoms with Crippen LogP contribution in [0.15, 0.2) is 75.8 Å². The van der Waals surface area contributed by atoms with Crippen molar-refractivity contribution in [3.63, 3.8) is 0 Å². The minimum absolute atomic E-state index is 0.113. The molecule has 3 aromatic heterocycles. The molecule has 0 unspecified atom stereocenters. The van der Waals surface area contributed by atoms with Gasteiger partial charge in [-0.05, 0) is 126 Å². The number of benzene rings is 2. The van der Waals surface area contributed by atoms with E-state index in [1.807, 2.05) is 38.2 Å². The molecule has 1 aliphatic carbocycles. The van der Waals surface area contributed by atoms with Crippen molar-refractivity contribution in [1.29, 1.82) is 0 Å². The van der Waals surface area contributed by atoms with E-state index in [1.54, 1.807) is 5.38 Å². The Bertz CT molecular complexity index is 2140. The Morgan fingerprint density at radius 2 is 1.65 bits per heavy atom. The molecule has 2 aromatic carbocycles. The van der Waals surface area contributed by atoms with Crippen LogP contribution in [-0.4, -0.2) is 80.5 Å². The molecule has 2 fully saturated rings. The number of carbonyl (C=O) groups excluding carboxylic acids is 1. The summed E-state index contributed by atoms with van der Waals surface area (Å²) in [6.45, 7) is 12.0. The van der Waals surface area contributed by atoms with Gasteiger partial charge in [-0.3, -0.25) is 19.1 Å². The predicted octanol–water partition coefficient (Wildman–Crippen LogP) is 7.41. The molecule has 0 amide bonds. The summed E-state index contributed by atoms with van der Waals surface area (Å²) in [6.07, 6.45) is 9.84. The second kappa shape index (κ2) is 19.0. The van der Waals surface area contributed by atoms with Crippen LogP contribution in [0.1, 0.15) is 92.3 Å². The highest BCUT2D eigenvalue weighted by molar-refractivity contribution is 7.09. The topological polar surface area (TPSA) is 105 Å². The third kappa shape index (κ3) is 9.72. The summed E-state index contributed by atoms with van der Waals surface area (Å²) in [5, 5.41) is 6.09. The molecule has 10 nitrogen and oxygen atoms in total. The van der Waals surface area contributed by atoms with Crippen LogP contribution in [0.4, 0.5) is 4.39 Å². The minimum Gasteiger partial charge on any atom is -0.317 e. The standard InChI is InChI=1S/C38H49FN6O2.C5H5NOS/c1-4-19-43(20-5-2)32-17-21-42(22-18-32)26-27-9-11-28(12-10-27)29-7-6-8-34(23-29)44-36-35(24-30(39)25-41-36)37(46)45(38(44)47)33-15-13-31(40-3)14-16-33;1-4-6-5(2-7)3-8-4/h6-12,23-25,31-33,40H,4-5,13-22,26H2,1-3H3;2-3H,1H3. The van der Waals surface area contributed by atoms with Gasteiger partial charge in [-0.1, -0.05) is 50.2 Å². The van der Waals surface area contributed by atoms with Gasteiger partial charge in [-0.15, -0.1) is 11.3 Å². The van der Waals surface area contributed by atoms with Crippen molar-refractivity contribution in [2.45, 2.75) is 96.8 Å². The van der Waals surface area contributed by atoms with Crippen LogP contribution >= 0.6 is 11.3 Å². The molecule has 7 rings (SSSR count). The highest BCUT2D eigenvalue weighted by Crippen LogP contribution is 2.28. The number of aryl methyl sites for hydroxylation is 1. The average molecular weight is 768 g/mol. The second-order valence-corrected chi connectivity index (χ2v) is 15.9. The third-order valence-electron chi connectivity index (χ3n) is 11.0. The summed E-state index contributed by atoms with van der Waals surface area (Å²) >= 11 is 1.49. The van der Waals surface area contributed by atoms with Gasteiger partial charge in [-0.2, -0.15) is 0 Å². The maximum Gasteiger partial charge on any atom is 0.337 e. The minimum atomic E-state index is -0.599. The fraction of sp³-hybridized carbons (Fsp3) is 0.465. The van der Waals surface area contributed by atoms with Gasteiger partial charge >= 0.3 is 5.69 Å². The lowest BCUT2D eigenvalue weighted by Crippen LogP contribution is -2.45. The normalized spacial score (nSPS) is 18.0. The highest BCUT2D eigenvalue weighted by atomic mass is 32.1. The molecule has 0 bridgehead atoms. The molecule has 1 saturated heterocycles. The van der Waals surface area contributed by atoms with Crippen molar-refractivity contribution in [3.05, 3.63) is 109 Å². The van der Waals surface area contributed by atoms with Crippen molar-refractivity contribution in [3.8, 4) is 16.8 Å². The van der Waals surface area contributed by atoms with Crippen LogP contribution in [0.5, 0.6) is 0 Å². The van der Waals surface area contributed by atoms with E-state index in [9.17, 15) is 18.8 Å². The van der Waals surface area contributed by atoms with Gasteiger partial charge in [-0.25, -0.2) is 23.7 Å². The lowest BCUT2D eigenvalue weighted by atomic mass is 9.91. The van der Waals surface area contributed by atoms with Crippen LogP contribution in [0.25, 0.3) is 27.8 Å². The maximum absolute atomic E-state index is 14.4. The van der Waals surface area contributed by atoms with Crippen LogP contribution in [0.2, 0.25) is 0 Å². The number of likely N-dealkylation sites (tertiary alicyclic amines) is 1. The number of halogens is 1. The number of aldehydes is 1. The van der Waals surface area contributed by atoms with E-state index >= 15 is 0 Å². The van der Waals surface area contributed by atoms with E-state index < -0.39 is 17.1 Å². The van der Waals surface area contributed by atoms with Crippen LogP contribution < -0.4 is 16.6 Å². The van der Waals surface area contributed by atoms with E-state index in [4.69, 9.17) is 0 Å². The number of fused-ring (bicyclic) bond motifs is 1. The molecule has 292 valence electrons. The summed E-state index contributed by atoms with van der Waals surface area (Å²) in [4.78, 5) is 51.1. The van der Waals surface area contributed by atoms with Crippen molar-refractivity contribution in [1.82, 2.24) is 34.2 Å². The lowest BCUT2D eigenvalue weighted by molar-refractivity contribution is 0.104. The number of piperidine rings is 1. The van der Waals surface area contributed by atoms with E-state index in [1.165, 1.54) is 70.9 Å². The zero-order valence-electron chi connectivity index (χ0n) is 32.5. The van der Waals surface area contributed by atoms with Gasteiger partial charge in [0.15, 0.2) is 11.9 Å². The highest BCUT2D eigenvalue weighted by Gasteiger charge is 2.27. The first kappa shape index (κ1) is 40.3. The quantitative estimate of drug-likeness (QED) is 0.131. The molecule has 55 heavy (non-hydrogen) atoms. The largest absolute Gasteiger partial charge is 0.337 e. The number of carbonyl (C=O) groups is 1. The number of hydrogen-bond donors (Lipinski definition) is 1. The second-order valence-electron chi connectivity index (χ2n) is 14.8. The zero-order chi connectivity index (χ0) is 38.9. The first-order valence-electron chi connectivity index (χ1n) is 19.8. The molecular weight excluding hydrogens is 714 g/mol. The van der Waals surface area contributed by atoms with Crippen molar-refractivity contribution < 1.29 is 9.18 Å². The van der Waals surface area contributed by atoms with E-state index in [-0.39, 0.29) is 17.1 Å². The smallest absolute Gasteiger partial charge is 0.317 e. The summed E-state index contributed by atoms with van der Waals surface area (Å²) in [7, 11) is 1.94. The average Bonchev–Trinajstić information content (AvgIpc) is 3.64. The third-order valence-corrected chi connectivity index (χ3v) is 11.8. The number of nitrogens with zero attached hydrogens (tertiary/aromatic N) is 6. The maximum atomic E-state index is 14.4. The monoisotopic (exact) mass is 767 g/mol. The molecule has 1 saturated carbocycles. The zero-order valence-corrected chi connectivity index (χ0v) is 33.4. The predicted molar refractivity (Wildman–Crippen MR) is 220 cm³/mol. The molecule has 0 radical (unpaired) electrons. The Hall–Kier alpha value is -4.36. The van der Waals surface area contributed by atoms with E-state index in [0.717, 1.165) is 61.1 Å². The Morgan fingerprint density at radius 3 is 2.25 bits per heavy atom.